The SMILES string of the molecule is Cc1c(S(C)(=O)=O)ccc(Cl)c1C(=O)N(C)c1ccc(Cl)c(-c2ccccn2)c1. The fourth-order valence-electron chi connectivity index (χ4n) is 3.05. The highest BCUT2D eigenvalue weighted by molar-refractivity contribution is 7.90. The number of anilines is 1. The first-order chi connectivity index (χ1) is 13.6. The van der Waals surface area contributed by atoms with Crippen molar-refractivity contribution < 1.29 is 13.2 Å². The number of pyridine rings is 1. The van der Waals surface area contributed by atoms with E-state index in [0.717, 1.165) is 6.26 Å². The molecule has 0 aliphatic carbocycles. The Morgan fingerprint density at radius 1 is 1.03 bits per heavy atom. The predicted octanol–water partition coefficient (Wildman–Crippen LogP) is 5.04. The van der Waals surface area contributed by atoms with Crippen molar-refractivity contribution in [2.24, 2.45) is 0 Å². The van der Waals surface area contributed by atoms with Crippen LogP contribution in [0.1, 0.15) is 15.9 Å². The molecule has 5 nitrogen and oxygen atoms in total. The Balaban J connectivity index is 2.07. The Morgan fingerprint density at radius 3 is 2.34 bits per heavy atom. The van der Waals surface area contributed by atoms with Crippen molar-refractivity contribution in [3.8, 4) is 11.3 Å². The molecule has 0 spiro atoms. The molecule has 0 radical (unpaired) electrons. The van der Waals surface area contributed by atoms with Crippen LogP contribution in [0.3, 0.4) is 0 Å². The Bertz CT molecular complexity index is 1200. The van der Waals surface area contributed by atoms with Gasteiger partial charge in [0.15, 0.2) is 9.84 Å². The summed E-state index contributed by atoms with van der Waals surface area (Å²) < 4.78 is 24.1. The molecule has 0 saturated carbocycles. The summed E-state index contributed by atoms with van der Waals surface area (Å²) >= 11 is 12.6. The van der Waals surface area contributed by atoms with E-state index in [1.807, 2.05) is 12.1 Å². The van der Waals surface area contributed by atoms with E-state index in [1.54, 1.807) is 44.4 Å². The van der Waals surface area contributed by atoms with Gasteiger partial charge in [0.25, 0.3) is 5.91 Å². The van der Waals surface area contributed by atoms with Gasteiger partial charge >= 0.3 is 0 Å². The van der Waals surface area contributed by atoms with Crippen molar-refractivity contribution in [1.82, 2.24) is 4.98 Å². The molecule has 150 valence electrons. The second-order valence-electron chi connectivity index (χ2n) is 6.56. The van der Waals surface area contributed by atoms with Crippen LogP contribution in [0.25, 0.3) is 11.3 Å². The Hall–Kier alpha value is -2.41. The molecule has 8 heteroatoms. The fourth-order valence-corrected chi connectivity index (χ4v) is 4.52. The average molecular weight is 449 g/mol. The zero-order chi connectivity index (χ0) is 21.3. The summed E-state index contributed by atoms with van der Waals surface area (Å²) in [5.41, 5.74) is 2.38. The van der Waals surface area contributed by atoms with Gasteiger partial charge in [0.05, 0.1) is 26.2 Å². The summed E-state index contributed by atoms with van der Waals surface area (Å²) in [5.74, 6) is -0.424. The molecule has 1 aromatic heterocycles. The largest absolute Gasteiger partial charge is 0.311 e. The molecule has 1 amide bonds. The van der Waals surface area contributed by atoms with Crippen LogP contribution in [-0.4, -0.2) is 32.6 Å². The second kappa shape index (κ2) is 8.14. The molecule has 29 heavy (non-hydrogen) atoms. The number of amides is 1. The van der Waals surface area contributed by atoms with E-state index in [2.05, 4.69) is 4.98 Å². The van der Waals surface area contributed by atoms with Crippen LogP contribution in [0.15, 0.2) is 59.6 Å². The molecule has 3 aromatic rings. The number of nitrogens with zero attached hydrogens (tertiary/aromatic N) is 2. The van der Waals surface area contributed by atoms with Gasteiger partial charge in [-0.3, -0.25) is 9.78 Å². The lowest BCUT2D eigenvalue weighted by molar-refractivity contribution is 0.0992. The quantitative estimate of drug-likeness (QED) is 0.560. The van der Waals surface area contributed by atoms with Gasteiger partial charge in [0.2, 0.25) is 0 Å². The molecular weight excluding hydrogens is 431 g/mol. The molecule has 0 fully saturated rings. The summed E-state index contributed by atoms with van der Waals surface area (Å²) in [6, 6.07) is 13.5. The minimum Gasteiger partial charge on any atom is -0.311 e. The molecule has 0 unspecified atom stereocenters. The summed E-state index contributed by atoms with van der Waals surface area (Å²) in [6.45, 7) is 1.57. The van der Waals surface area contributed by atoms with Gasteiger partial charge in [-0.1, -0.05) is 29.3 Å². The summed E-state index contributed by atoms with van der Waals surface area (Å²) in [5, 5.41) is 0.687. The third kappa shape index (κ3) is 4.29. The van der Waals surface area contributed by atoms with E-state index in [9.17, 15) is 13.2 Å². The molecule has 0 bridgehead atoms. The number of rotatable bonds is 4. The molecule has 0 saturated heterocycles. The number of aromatic nitrogens is 1. The highest BCUT2D eigenvalue weighted by atomic mass is 35.5. The van der Waals surface area contributed by atoms with Gasteiger partial charge in [0.1, 0.15) is 0 Å². The zero-order valence-electron chi connectivity index (χ0n) is 16.0. The number of carbonyl (C=O) groups excluding carboxylic acids is 1. The van der Waals surface area contributed by atoms with Crippen LogP contribution in [0.2, 0.25) is 10.0 Å². The van der Waals surface area contributed by atoms with Gasteiger partial charge in [-0.15, -0.1) is 0 Å². The number of carbonyl (C=O) groups is 1. The molecule has 1 heterocycles. The van der Waals surface area contributed by atoms with Crippen LogP contribution >= 0.6 is 23.2 Å². The van der Waals surface area contributed by atoms with Crippen LogP contribution in [0, 0.1) is 6.92 Å². The van der Waals surface area contributed by atoms with E-state index in [4.69, 9.17) is 23.2 Å². The molecular formula is C21H18Cl2N2O3S. The van der Waals surface area contributed by atoms with E-state index >= 15 is 0 Å². The molecule has 0 atom stereocenters. The normalized spacial score (nSPS) is 11.3. The molecule has 2 aromatic carbocycles. The van der Waals surface area contributed by atoms with Crippen molar-refractivity contribution in [2.75, 3.05) is 18.2 Å². The average Bonchev–Trinajstić information content (AvgIpc) is 2.67. The lowest BCUT2D eigenvalue weighted by atomic mass is 10.1. The van der Waals surface area contributed by atoms with Crippen LogP contribution in [0.4, 0.5) is 5.69 Å². The lowest BCUT2D eigenvalue weighted by Crippen LogP contribution is -2.27. The third-order valence-electron chi connectivity index (χ3n) is 4.56. The van der Waals surface area contributed by atoms with E-state index in [0.29, 0.717) is 27.5 Å². The Labute approximate surface area is 179 Å². The number of benzene rings is 2. The van der Waals surface area contributed by atoms with Gasteiger partial charge in [0, 0.05) is 30.8 Å². The minimum absolute atomic E-state index is 0.0731. The first-order valence-corrected chi connectivity index (χ1v) is 11.2. The number of hydrogen-bond acceptors (Lipinski definition) is 4. The topological polar surface area (TPSA) is 67.3 Å². The smallest absolute Gasteiger partial charge is 0.259 e. The van der Waals surface area contributed by atoms with Gasteiger partial charge < -0.3 is 4.90 Å². The van der Waals surface area contributed by atoms with Crippen molar-refractivity contribution in [3.63, 3.8) is 0 Å². The summed E-state index contributed by atoms with van der Waals surface area (Å²) in [7, 11) is -1.91. The van der Waals surface area contributed by atoms with E-state index < -0.39 is 15.7 Å². The third-order valence-corrected chi connectivity index (χ3v) is 6.45. The van der Waals surface area contributed by atoms with Gasteiger partial charge in [-0.25, -0.2) is 8.42 Å². The van der Waals surface area contributed by atoms with Crippen molar-refractivity contribution in [3.05, 3.63) is 75.9 Å². The van der Waals surface area contributed by atoms with Crippen LogP contribution in [-0.2, 0) is 9.84 Å². The number of sulfone groups is 1. The minimum atomic E-state index is -3.50. The van der Waals surface area contributed by atoms with Crippen molar-refractivity contribution >= 4 is 44.6 Å². The predicted molar refractivity (Wildman–Crippen MR) is 117 cm³/mol. The number of halogens is 2. The molecule has 0 aliphatic heterocycles. The monoisotopic (exact) mass is 448 g/mol. The van der Waals surface area contributed by atoms with E-state index in [1.165, 1.54) is 17.0 Å². The van der Waals surface area contributed by atoms with Gasteiger partial charge in [-0.2, -0.15) is 0 Å². The Kier molecular flexibility index (Phi) is 5.98. The first-order valence-electron chi connectivity index (χ1n) is 8.59. The first kappa shape index (κ1) is 21.3. The maximum atomic E-state index is 13.2. The van der Waals surface area contributed by atoms with Crippen LogP contribution < -0.4 is 4.90 Å². The van der Waals surface area contributed by atoms with E-state index in [-0.39, 0.29) is 15.5 Å². The van der Waals surface area contributed by atoms with Gasteiger partial charge in [-0.05, 0) is 55.0 Å². The highest BCUT2D eigenvalue weighted by Crippen LogP contribution is 2.32. The summed E-state index contributed by atoms with van der Waals surface area (Å²) in [4.78, 5) is 19.0. The van der Waals surface area contributed by atoms with Crippen molar-refractivity contribution in [1.29, 1.82) is 0 Å². The lowest BCUT2D eigenvalue weighted by Gasteiger charge is -2.21. The standard InChI is InChI=1S/C21H18Cl2N2O3S/c1-13-19(29(3,27)28)10-9-17(23)20(13)21(26)25(2)14-7-8-16(22)15(12-14)18-6-4-5-11-24-18/h4-12H,1-3H3. The molecule has 0 N–H and O–H groups in total. The maximum Gasteiger partial charge on any atom is 0.259 e. The van der Waals surface area contributed by atoms with Crippen LogP contribution in [0.5, 0.6) is 0 Å². The summed E-state index contributed by atoms with van der Waals surface area (Å²) in [6.07, 6.45) is 2.76. The highest BCUT2D eigenvalue weighted by Gasteiger charge is 2.24. The molecule has 3 rings (SSSR count). The second-order valence-corrected chi connectivity index (χ2v) is 9.36. The fraction of sp³-hybridized carbons (Fsp3) is 0.143. The number of hydrogen-bond donors (Lipinski definition) is 0. The molecule has 0 aliphatic rings. The Morgan fingerprint density at radius 2 is 1.72 bits per heavy atom. The zero-order valence-corrected chi connectivity index (χ0v) is 18.3. The maximum absolute atomic E-state index is 13.2. The van der Waals surface area contributed by atoms with Crippen molar-refractivity contribution in [2.45, 2.75) is 11.8 Å².